The first-order valence-electron chi connectivity index (χ1n) is 11.5. The van der Waals surface area contributed by atoms with Crippen molar-refractivity contribution in [2.24, 2.45) is 0 Å². The summed E-state index contributed by atoms with van der Waals surface area (Å²) < 4.78 is 4.96. The number of hydrogen-bond acceptors (Lipinski definition) is 6. The summed E-state index contributed by atoms with van der Waals surface area (Å²) in [5, 5.41) is 32.4. The Morgan fingerprint density at radius 1 is 0.941 bits per heavy atom. The van der Waals surface area contributed by atoms with E-state index in [-0.39, 0.29) is 23.8 Å². The Balaban J connectivity index is -0.000000453. The Bertz CT molecular complexity index is 779. The maximum absolute atomic E-state index is 10.7. The molecule has 0 saturated heterocycles. The highest BCUT2D eigenvalue weighted by Crippen LogP contribution is 2.25. The van der Waals surface area contributed by atoms with E-state index in [9.17, 15) is 14.7 Å². The molecular formula is C26H44N2O6. The molecule has 34 heavy (non-hydrogen) atoms. The summed E-state index contributed by atoms with van der Waals surface area (Å²) in [6.45, 7) is 13.7. The highest BCUT2D eigenvalue weighted by molar-refractivity contribution is 5.88. The molecule has 194 valence electrons. The number of anilines is 1. The van der Waals surface area contributed by atoms with Gasteiger partial charge >= 0.3 is 5.97 Å². The van der Waals surface area contributed by atoms with E-state index < -0.39 is 12.0 Å². The molecule has 1 amide bonds. The molecule has 0 bridgehead atoms. The van der Waals surface area contributed by atoms with Crippen LogP contribution in [0.25, 0.3) is 0 Å². The van der Waals surface area contributed by atoms with Crippen LogP contribution in [-0.4, -0.2) is 47.4 Å². The number of hydrogen-bond donors (Lipinski definition) is 5. The molecule has 2 aromatic carbocycles. The molecule has 1 atom stereocenters. The molecule has 0 aliphatic heterocycles. The van der Waals surface area contributed by atoms with E-state index in [1.54, 1.807) is 44.5 Å². The lowest BCUT2D eigenvalue weighted by Gasteiger charge is -2.11. The molecule has 0 aliphatic carbocycles. The Kier molecular flexibility index (Phi) is 23.8. The summed E-state index contributed by atoms with van der Waals surface area (Å²) in [7, 11) is 3.16. The van der Waals surface area contributed by atoms with Crippen molar-refractivity contribution in [3.63, 3.8) is 0 Å². The number of methoxy groups -OCH3 is 1. The number of amides is 1. The normalized spacial score (nSPS) is 9.56. The van der Waals surface area contributed by atoms with Crippen molar-refractivity contribution in [1.82, 2.24) is 5.32 Å². The summed E-state index contributed by atoms with van der Waals surface area (Å²) >= 11 is 0. The van der Waals surface area contributed by atoms with Crippen molar-refractivity contribution >= 4 is 17.6 Å². The second-order valence-electron chi connectivity index (χ2n) is 6.32. The minimum Gasteiger partial charge on any atom is -0.504 e. The van der Waals surface area contributed by atoms with Crippen LogP contribution in [0.15, 0.2) is 42.5 Å². The second kappa shape index (κ2) is 22.9. The third-order valence-corrected chi connectivity index (χ3v) is 3.54. The number of phenols is 2. The molecule has 8 nitrogen and oxygen atoms in total. The Morgan fingerprint density at radius 3 is 1.79 bits per heavy atom. The van der Waals surface area contributed by atoms with Crippen LogP contribution in [0.4, 0.5) is 5.69 Å². The van der Waals surface area contributed by atoms with Gasteiger partial charge in [0.25, 0.3) is 0 Å². The van der Waals surface area contributed by atoms with Gasteiger partial charge in [-0.1, -0.05) is 54.0 Å². The monoisotopic (exact) mass is 480 g/mol. The maximum atomic E-state index is 10.7. The number of benzene rings is 2. The van der Waals surface area contributed by atoms with Gasteiger partial charge in [0.1, 0.15) is 11.8 Å². The van der Waals surface area contributed by atoms with Crippen molar-refractivity contribution in [2.75, 3.05) is 19.5 Å². The number of rotatable bonds is 6. The molecule has 2 aromatic rings. The third kappa shape index (κ3) is 17.3. The minimum absolute atomic E-state index is 0.0693. The molecule has 2 rings (SSSR count). The number of carbonyl (C=O) groups is 2. The van der Waals surface area contributed by atoms with Gasteiger partial charge in [0.2, 0.25) is 5.91 Å². The minimum atomic E-state index is -0.954. The lowest BCUT2D eigenvalue weighted by Crippen LogP contribution is -2.35. The van der Waals surface area contributed by atoms with Gasteiger partial charge in [0.15, 0.2) is 11.5 Å². The molecule has 0 fully saturated rings. The van der Waals surface area contributed by atoms with E-state index in [0.29, 0.717) is 5.56 Å². The number of nitrogens with one attached hydrogen (secondary N) is 2. The van der Waals surface area contributed by atoms with Crippen LogP contribution in [-0.2, 0) is 16.0 Å². The number of carbonyl (C=O) groups excluding carboxylic acids is 1. The highest BCUT2D eigenvalue weighted by Gasteiger charge is 2.15. The second-order valence-corrected chi connectivity index (χ2v) is 6.32. The maximum Gasteiger partial charge on any atom is 0.321 e. The molecule has 0 aliphatic rings. The fourth-order valence-electron chi connectivity index (χ4n) is 2.12. The van der Waals surface area contributed by atoms with Gasteiger partial charge in [-0.05, 0) is 55.4 Å². The molecule has 0 radical (unpaired) electrons. The van der Waals surface area contributed by atoms with Gasteiger partial charge in [-0.15, -0.1) is 0 Å². The van der Waals surface area contributed by atoms with Crippen molar-refractivity contribution in [3.05, 3.63) is 48.0 Å². The average Bonchev–Trinajstić information content (AvgIpc) is 2.83. The zero-order valence-corrected chi connectivity index (χ0v) is 22.1. The van der Waals surface area contributed by atoms with Crippen molar-refractivity contribution < 1.29 is 29.6 Å². The predicted octanol–water partition coefficient (Wildman–Crippen LogP) is 5.44. The molecule has 0 unspecified atom stereocenters. The summed E-state index contributed by atoms with van der Waals surface area (Å²) in [4.78, 5) is 21.3. The molecule has 0 saturated carbocycles. The number of carboxylic acid groups (broad SMARTS) is 1. The smallest absolute Gasteiger partial charge is 0.321 e. The van der Waals surface area contributed by atoms with E-state index in [2.05, 4.69) is 24.5 Å². The fraction of sp³-hybridized carbons (Fsp3) is 0.462. The summed E-state index contributed by atoms with van der Waals surface area (Å²) in [5.74, 6) is -0.697. The number of aromatic hydroxyl groups is 2. The van der Waals surface area contributed by atoms with E-state index in [1.807, 2.05) is 27.7 Å². The number of carboxylic acids is 1. The van der Waals surface area contributed by atoms with E-state index in [1.165, 1.54) is 25.5 Å². The van der Waals surface area contributed by atoms with Gasteiger partial charge in [-0.25, -0.2) is 0 Å². The van der Waals surface area contributed by atoms with Crippen LogP contribution >= 0.6 is 0 Å². The quantitative estimate of drug-likeness (QED) is 0.348. The number of phenolic OH excluding ortho intramolecular Hbond substituents is 2. The SMILES string of the molecule is CC.CC.CCC.CN[C@@H](Cc1ccc(O)c(O)c1)C(=O)O.COc1ccc(NC(C)=O)cc1. The molecule has 8 heteroatoms. The molecule has 0 aromatic heterocycles. The summed E-state index contributed by atoms with van der Waals surface area (Å²) in [6.07, 6.45) is 1.50. The Labute approximate surface area is 205 Å². The van der Waals surface area contributed by atoms with Crippen LogP contribution in [0, 0.1) is 0 Å². The number of ether oxygens (including phenoxy) is 1. The van der Waals surface area contributed by atoms with Crippen molar-refractivity contribution in [2.45, 2.75) is 67.3 Å². The van der Waals surface area contributed by atoms with Gasteiger partial charge < -0.3 is 30.7 Å². The van der Waals surface area contributed by atoms with Crippen molar-refractivity contribution in [3.8, 4) is 17.2 Å². The average molecular weight is 481 g/mol. The molecule has 0 spiro atoms. The lowest BCUT2D eigenvalue weighted by molar-refractivity contribution is -0.139. The van der Waals surface area contributed by atoms with Gasteiger partial charge in [0.05, 0.1) is 7.11 Å². The van der Waals surface area contributed by atoms with E-state index in [0.717, 1.165) is 11.4 Å². The molecular weight excluding hydrogens is 436 g/mol. The topological polar surface area (TPSA) is 128 Å². The first kappa shape index (κ1) is 35.3. The number of likely N-dealkylation sites (N-methyl/N-ethyl adjacent to an activating group) is 1. The first-order valence-corrected chi connectivity index (χ1v) is 11.5. The molecule has 0 heterocycles. The predicted molar refractivity (Wildman–Crippen MR) is 140 cm³/mol. The van der Waals surface area contributed by atoms with Crippen LogP contribution in [0.2, 0.25) is 0 Å². The van der Waals surface area contributed by atoms with E-state index in [4.69, 9.17) is 14.9 Å². The zero-order chi connectivity index (χ0) is 27.1. The van der Waals surface area contributed by atoms with Crippen LogP contribution in [0.5, 0.6) is 17.2 Å². The molecule has 5 N–H and O–H groups in total. The van der Waals surface area contributed by atoms with Crippen LogP contribution in [0.3, 0.4) is 0 Å². The fourth-order valence-corrected chi connectivity index (χ4v) is 2.12. The van der Waals surface area contributed by atoms with E-state index >= 15 is 0 Å². The van der Waals surface area contributed by atoms with Crippen LogP contribution < -0.4 is 15.4 Å². The number of aliphatic carboxylic acids is 1. The standard InChI is InChI=1S/C10H13NO4.C9H11NO2.C3H8.2C2H6/c1-11-7(10(14)15)4-6-2-3-8(12)9(13)5-6;1-7(11)10-8-3-5-9(12-2)6-4-8;1-3-2;2*1-2/h2-3,5,7,11-13H,4H2,1H3,(H,14,15);3-6H,1-2H3,(H,10,11);3H2,1-2H3;2*1-2H3/t7-;;;;/m0..../s1. The van der Waals surface area contributed by atoms with Gasteiger partial charge in [0, 0.05) is 12.6 Å². The summed E-state index contributed by atoms with van der Waals surface area (Å²) in [5.41, 5.74) is 1.43. The Morgan fingerprint density at radius 2 is 1.44 bits per heavy atom. The van der Waals surface area contributed by atoms with Gasteiger partial charge in [-0.2, -0.15) is 0 Å². The highest BCUT2D eigenvalue weighted by atomic mass is 16.5. The van der Waals surface area contributed by atoms with Crippen molar-refractivity contribution in [1.29, 1.82) is 0 Å². The van der Waals surface area contributed by atoms with Crippen LogP contribution in [0.1, 0.15) is 60.5 Å². The summed E-state index contributed by atoms with van der Waals surface area (Å²) in [6, 6.07) is 10.7. The largest absolute Gasteiger partial charge is 0.504 e. The zero-order valence-electron chi connectivity index (χ0n) is 22.1. The first-order chi connectivity index (χ1) is 16.2. The Hall–Kier alpha value is -3.26. The lowest BCUT2D eigenvalue weighted by atomic mass is 10.1. The third-order valence-electron chi connectivity index (χ3n) is 3.54. The van der Waals surface area contributed by atoms with Gasteiger partial charge in [-0.3, -0.25) is 9.59 Å².